The number of nitrogens with zero attached hydrogens (tertiary/aromatic N) is 1. The number of hydrogen-bond acceptors (Lipinski definition) is 4. The molecule has 1 aliphatic heterocycles. The number of likely N-dealkylation sites (tertiary alicyclic amines) is 1. The van der Waals surface area contributed by atoms with Gasteiger partial charge < -0.3 is 25.3 Å². The quantitative estimate of drug-likeness (QED) is 0.297. The van der Waals surface area contributed by atoms with Gasteiger partial charge in [-0.2, -0.15) is 0 Å². The van der Waals surface area contributed by atoms with Gasteiger partial charge >= 0.3 is 0 Å². The number of nitrogens with one attached hydrogen (secondary N) is 3. The number of para-hydroxylation sites is 1. The number of benzene rings is 3. The predicted molar refractivity (Wildman–Crippen MR) is 154 cm³/mol. The molecule has 2 heterocycles. The molecule has 1 fully saturated rings. The Morgan fingerprint density at radius 3 is 2.50 bits per heavy atom. The van der Waals surface area contributed by atoms with Crippen molar-refractivity contribution in [2.75, 3.05) is 13.7 Å². The van der Waals surface area contributed by atoms with Gasteiger partial charge in [-0.15, -0.1) is 0 Å². The summed E-state index contributed by atoms with van der Waals surface area (Å²) in [5.41, 5.74) is 2.39. The molecule has 0 aliphatic carbocycles. The maximum absolute atomic E-state index is 14.0. The van der Waals surface area contributed by atoms with Gasteiger partial charge in [0.25, 0.3) is 5.91 Å². The van der Waals surface area contributed by atoms with Crippen LogP contribution in [0.15, 0.2) is 85.1 Å². The molecule has 3 aromatic carbocycles. The van der Waals surface area contributed by atoms with Crippen LogP contribution in [0.2, 0.25) is 0 Å². The Hall–Kier alpha value is -4.59. The minimum atomic E-state index is -1.14. The maximum Gasteiger partial charge on any atom is 0.252 e. The van der Waals surface area contributed by atoms with Gasteiger partial charge in [-0.3, -0.25) is 14.4 Å². The molecule has 3 N–H and O–H groups in total. The van der Waals surface area contributed by atoms with Gasteiger partial charge in [-0.05, 0) is 67.6 Å². The Kier molecular flexibility index (Phi) is 7.86. The summed E-state index contributed by atoms with van der Waals surface area (Å²) in [7, 11) is 1.60. The Bertz CT molecular complexity index is 1500. The first-order chi connectivity index (χ1) is 19.4. The van der Waals surface area contributed by atoms with Crippen molar-refractivity contribution in [2.45, 2.75) is 44.3 Å². The van der Waals surface area contributed by atoms with Crippen molar-refractivity contribution in [3.05, 3.63) is 102 Å². The number of amides is 3. The van der Waals surface area contributed by atoms with Crippen molar-refractivity contribution < 1.29 is 19.1 Å². The number of aromatic nitrogens is 1. The van der Waals surface area contributed by atoms with Crippen molar-refractivity contribution in [1.29, 1.82) is 0 Å². The summed E-state index contributed by atoms with van der Waals surface area (Å²) in [6.45, 7) is 2.42. The van der Waals surface area contributed by atoms with Crippen LogP contribution >= 0.6 is 0 Å². The Balaban J connectivity index is 1.32. The molecule has 0 unspecified atom stereocenters. The van der Waals surface area contributed by atoms with Gasteiger partial charge in [-0.25, -0.2) is 0 Å². The lowest BCUT2D eigenvalue weighted by Gasteiger charge is -2.44. The molecular weight excluding hydrogens is 504 g/mol. The highest BCUT2D eigenvalue weighted by Crippen LogP contribution is 2.29. The van der Waals surface area contributed by atoms with E-state index in [9.17, 15) is 14.4 Å². The summed E-state index contributed by atoms with van der Waals surface area (Å²) in [6, 6.07) is 23.7. The molecule has 40 heavy (non-hydrogen) atoms. The Morgan fingerprint density at radius 1 is 1.02 bits per heavy atom. The van der Waals surface area contributed by atoms with Crippen LogP contribution in [-0.4, -0.2) is 52.8 Å². The molecular formula is C32H34N4O4. The Labute approximate surface area is 233 Å². The lowest BCUT2D eigenvalue weighted by molar-refractivity contribution is -0.150. The highest BCUT2D eigenvalue weighted by Gasteiger charge is 2.47. The summed E-state index contributed by atoms with van der Waals surface area (Å²) in [4.78, 5) is 45.3. The third kappa shape index (κ3) is 5.71. The van der Waals surface area contributed by atoms with Crippen LogP contribution in [0.5, 0.6) is 5.75 Å². The smallest absolute Gasteiger partial charge is 0.252 e. The molecule has 206 valence electrons. The number of ether oxygens (including phenoxy) is 1. The summed E-state index contributed by atoms with van der Waals surface area (Å²) in [5.74, 6) is -0.0866. The van der Waals surface area contributed by atoms with Crippen LogP contribution in [0.3, 0.4) is 0 Å². The lowest BCUT2D eigenvalue weighted by Crippen LogP contribution is -2.65. The summed E-state index contributed by atoms with van der Waals surface area (Å²) in [5, 5.41) is 7.13. The first-order valence-corrected chi connectivity index (χ1v) is 13.5. The molecule has 0 bridgehead atoms. The first kappa shape index (κ1) is 27.0. The molecule has 8 nitrogen and oxygen atoms in total. The molecule has 1 saturated heterocycles. The van der Waals surface area contributed by atoms with Crippen LogP contribution in [0, 0.1) is 0 Å². The fourth-order valence-corrected chi connectivity index (χ4v) is 5.33. The SMILES string of the molecule is COc1ccc(CN2C(=O)[C@@](C)(NC(=O)c3ccccc3)CC[C@H]2C(=O)NCCc2c[nH]c3ccccc23)cc1. The van der Waals surface area contributed by atoms with E-state index in [1.54, 1.807) is 43.2 Å². The van der Waals surface area contributed by atoms with E-state index in [1.165, 1.54) is 0 Å². The van der Waals surface area contributed by atoms with E-state index in [1.807, 2.05) is 54.7 Å². The van der Waals surface area contributed by atoms with E-state index in [0.29, 0.717) is 37.1 Å². The van der Waals surface area contributed by atoms with Crippen LogP contribution in [0.1, 0.15) is 41.3 Å². The van der Waals surface area contributed by atoms with E-state index >= 15 is 0 Å². The molecule has 2 atom stereocenters. The van der Waals surface area contributed by atoms with E-state index in [4.69, 9.17) is 4.74 Å². The largest absolute Gasteiger partial charge is 0.497 e. The summed E-state index contributed by atoms with van der Waals surface area (Å²) in [6.07, 6.45) is 3.41. The number of carbonyl (C=O) groups excluding carboxylic acids is 3. The van der Waals surface area contributed by atoms with Crippen LogP contribution in [-0.2, 0) is 22.6 Å². The zero-order valence-corrected chi connectivity index (χ0v) is 22.8. The van der Waals surface area contributed by atoms with E-state index < -0.39 is 11.6 Å². The molecule has 4 aromatic rings. The molecule has 3 amide bonds. The van der Waals surface area contributed by atoms with Crippen molar-refractivity contribution in [3.8, 4) is 5.75 Å². The van der Waals surface area contributed by atoms with Gasteiger partial charge in [0.15, 0.2) is 0 Å². The molecule has 1 aromatic heterocycles. The minimum Gasteiger partial charge on any atom is -0.497 e. The number of hydrogen-bond donors (Lipinski definition) is 3. The topological polar surface area (TPSA) is 104 Å². The van der Waals surface area contributed by atoms with E-state index in [-0.39, 0.29) is 24.3 Å². The highest BCUT2D eigenvalue weighted by molar-refractivity contribution is 6.00. The third-order valence-corrected chi connectivity index (χ3v) is 7.64. The number of aromatic amines is 1. The van der Waals surface area contributed by atoms with Crippen LogP contribution in [0.25, 0.3) is 10.9 Å². The molecule has 1 aliphatic rings. The molecule has 5 rings (SSSR count). The standard InChI is InChI=1S/C32H34N4O4/c1-32(35-29(37)23-8-4-3-5-9-23)18-16-28(36(31(32)39)21-22-12-14-25(40-2)15-13-22)30(38)33-19-17-24-20-34-27-11-7-6-10-26(24)27/h3-15,20,28,34H,16-19,21H2,1-2H3,(H,33,38)(H,35,37)/t28-,32-/m0/s1. The van der Waals surface area contributed by atoms with Gasteiger partial charge in [0.1, 0.15) is 17.3 Å². The normalized spacial score (nSPS) is 18.9. The van der Waals surface area contributed by atoms with Crippen LogP contribution < -0.4 is 15.4 Å². The van der Waals surface area contributed by atoms with Crippen molar-refractivity contribution >= 4 is 28.6 Å². The zero-order chi connectivity index (χ0) is 28.1. The fraction of sp³-hybridized carbons (Fsp3) is 0.281. The minimum absolute atomic E-state index is 0.196. The number of piperidine rings is 1. The summed E-state index contributed by atoms with van der Waals surface area (Å²) < 4.78 is 5.27. The number of fused-ring (bicyclic) bond motifs is 1. The second-order valence-electron chi connectivity index (χ2n) is 10.4. The molecule has 0 spiro atoms. The molecule has 8 heteroatoms. The third-order valence-electron chi connectivity index (χ3n) is 7.64. The van der Waals surface area contributed by atoms with Gasteiger partial charge in [0.2, 0.25) is 11.8 Å². The predicted octanol–water partition coefficient (Wildman–Crippen LogP) is 4.22. The number of H-pyrrole nitrogens is 1. The number of rotatable bonds is 9. The van der Waals surface area contributed by atoms with Gasteiger partial charge in [0.05, 0.1) is 7.11 Å². The number of carbonyl (C=O) groups is 3. The lowest BCUT2D eigenvalue weighted by atomic mass is 9.85. The second-order valence-corrected chi connectivity index (χ2v) is 10.4. The fourth-order valence-electron chi connectivity index (χ4n) is 5.33. The van der Waals surface area contributed by atoms with E-state index in [2.05, 4.69) is 21.7 Å². The monoisotopic (exact) mass is 538 g/mol. The zero-order valence-electron chi connectivity index (χ0n) is 22.8. The van der Waals surface area contributed by atoms with E-state index in [0.717, 1.165) is 22.0 Å². The average Bonchev–Trinajstić information content (AvgIpc) is 3.39. The van der Waals surface area contributed by atoms with Crippen molar-refractivity contribution in [1.82, 2.24) is 20.5 Å². The molecule has 0 saturated carbocycles. The maximum atomic E-state index is 14.0. The van der Waals surface area contributed by atoms with Crippen LogP contribution in [0.4, 0.5) is 0 Å². The second kappa shape index (κ2) is 11.7. The van der Waals surface area contributed by atoms with Crippen molar-refractivity contribution in [2.24, 2.45) is 0 Å². The van der Waals surface area contributed by atoms with Crippen molar-refractivity contribution in [3.63, 3.8) is 0 Å². The first-order valence-electron chi connectivity index (χ1n) is 13.5. The van der Waals surface area contributed by atoms with Gasteiger partial charge in [-0.1, -0.05) is 48.5 Å². The number of methoxy groups -OCH3 is 1. The molecule has 0 radical (unpaired) electrons. The Morgan fingerprint density at radius 2 is 1.75 bits per heavy atom. The highest BCUT2D eigenvalue weighted by atomic mass is 16.5. The summed E-state index contributed by atoms with van der Waals surface area (Å²) >= 11 is 0. The van der Waals surface area contributed by atoms with Gasteiger partial charge in [0, 0.05) is 35.8 Å². The average molecular weight is 539 g/mol.